The molecule has 1 aliphatic carbocycles. The second-order valence-electron chi connectivity index (χ2n) is 4.43. The van der Waals surface area contributed by atoms with Crippen molar-refractivity contribution in [2.24, 2.45) is 0 Å². The van der Waals surface area contributed by atoms with Gasteiger partial charge in [-0.1, -0.05) is 6.42 Å². The highest BCUT2D eigenvalue weighted by Gasteiger charge is 2.33. The third-order valence-corrected chi connectivity index (χ3v) is 4.09. The largest absolute Gasteiger partial charge is 0.433 e. The van der Waals surface area contributed by atoms with Crippen molar-refractivity contribution >= 4 is 21.4 Å². The lowest BCUT2D eigenvalue weighted by Gasteiger charge is -2.23. The Hall–Kier alpha value is -1.11. The topological polar surface area (TPSA) is 30.2 Å². The van der Waals surface area contributed by atoms with Crippen LogP contribution in [0.4, 0.5) is 13.2 Å². The van der Waals surface area contributed by atoms with Crippen LogP contribution in [0.15, 0.2) is 16.9 Å². The molecule has 7 heteroatoms. The molecule has 3 rings (SSSR count). The van der Waals surface area contributed by atoms with Crippen LogP contribution < -0.4 is 0 Å². The zero-order chi connectivity index (χ0) is 12.9. The fourth-order valence-corrected chi connectivity index (χ4v) is 2.74. The highest BCUT2D eigenvalue weighted by Crippen LogP contribution is 2.40. The van der Waals surface area contributed by atoms with Gasteiger partial charge in [-0.05, 0) is 34.8 Å². The molecule has 1 saturated carbocycles. The molecule has 0 radical (unpaired) electrons. The van der Waals surface area contributed by atoms with E-state index in [1.807, 2.05) is 0 Å². The SMILES string of the molecule is FC(F)(F)c1cc2c(Br)c(C3CCC3)nn2cn1. The van der Waals surface area contributed by atoms with E-state index in [-0.39, 0.29) is 0 Å². The van der Waals surface area contributed by atoms with Gasteiger partial charge in [0.1, 0.15) is 12.0 Å². The standard InChI is InChI=1S/C11H9BrF3N3/c12-9-7-4-8(11(13,14)15)16-5-18(7)17-10(9)6-2-1-3-6/h4-6H,1-3H2. The van der Waals surface area contributed by atoms with Crippen molar-refractivity contribution in [3.8, 4) is 0 Å². The predicted octanol–water partition coefficient (Wildman–Crippen LogP) is 3.78. The quantitative estimate of drug-likeness (QED) is 0.800. The van der Waals surface area contributed by atoms with E-state index in [9.17, 15) is 13.2 Å². The smallest absolute Gasteiger partial charge is 0.232 e. The fraction of sp³-hybridized carbons (Fsp3) is 0.455. The lowest BCUT2D eigenvalue weighted by molar-refractivity contribution is -0.141. The van der Waals surface area contributed by atoms with Gasteiger partial charge in [0.25, 0.3) is 0 Å². The molecule has 2 aromatic rings. The molecule has 0 saturated heterocycles. The minimum atomic E-state index is -4.43. The highest BCUT2D eigenvalue weighted by atomic mass is 79.9. The van der Waals surface area contributed by atoms with Crippen LogP contribution in [-0.2, 0) is 6.18 Å². The maximum atomic E-state index is 12.6. The van der Waals surface area contributed by atoms with Crippen LogP contribution in [-0.4, -0.2) is 14.6 Å². The third kappa shape index (κ3) is 1.81. The van der Waals surface area contributed by atoms with E-state index in [0.29, 0.717) is 15.9 Å². The lowest BCUT2D eigenvalue weighted by Crippen LogP contribution is -2.10. The molecule has 0 aromatic carbocycles. The molecule has 2 heterocycles. The Morgan fingerprint density at radius 3 is 2.61 bits per heavy atom. The molecule has 0 amide bonds. The second-order valence-corrected chi connectivity index (χ2v) is 5.22. The zero-order valence-electron chi connectivity index (χ0n) is 9.21. The van der Waals surface area contributed by atoms with Crippen LogP contribution in [0.1, 0.15) is 36.6 Å². The van der Waals surface area contributed by atoms with Gasteiger partial charge in [-0.25, -0.2) is 9.50 Å². The zero-order valence-corrected chi connectivity index (χ0v) is 10.8. The molecule has 18 heavy (non-hydrogen) atoms. The van der Waals surface area contributed by atoms with Crippen molar-refractivity contribution in [3.63, 3.8) is 0 Å². The summed E-state index contributed by atoms with van der Waals surface area (Å²) in [6.45, 7) is 0. The number of alkyl halides is 3. The molecule has 0 spiro atoms. The van der Waals surface area contributed by atoms with Crippen molar-refractivity contribution < 1.29 is 13.2 Å². The number of hydrogen-bond acceptors (Lipinski definition) is 2. The lowest BCUT2D eigenvalue weighted by atomic mass is 9.83. The monoisotopic (exact) mass is 319 g/mol. The second kappa shape index (κ2) is 3.94. The van der Waals surface area contributed by atoms with Gasteiger partial charge in [-0.2, -0.15) is 18.3 Å². The third-order valence-electron chi connectivity index (χ3n) is 3.27. The molecule has 3 nitrogen and oxygen atoms in total. The number of halogens is 4. The van der Waals surface area contributed by atoms with E-state index in [0.717, 1.165) is 37.4 Å². The van der Waals surface area contributed by atoms with Crippen LogP contribution >= 0.6 is 15.9 Å². The fourth-order valence-electron chi connectivity index (χ4n) is 2.04. The van der Waals surface area contributed by atoms with Gasteiger partial charge in [0, 0.05) is 5.92 Å². The van der Waals surface area contributed by atoms with Gasteiger partial charge in [0.15, 0.2) is 0 Å². The Balaban J connectivity index is 2.13. The van der Waals surface area contributed by atoms with E-state index in [1.165, 1.54) is 4.52 Å². The van der Waals surface area contributed by atoms with Crippen LogP contribution in [0.3, 0.4) is 0 Å². The first-order valence-electron chi connectivity index (χ1n) is 5.58. The molecule has 1 fully saturated rings. The first kappa shape index (κ1) is 12.0. The number of hydrogen-bond donors (Lipinski definition) is 0. The van der Waals surface area contributed by atoms with Gasteiger partial charge < -0.3 is 0 Å². The van der Waals surface area contributed by atoms with Gasteiger partial charge >= 0.3 is 6.18 Å². The summed E-state index contributed by atoms with van der Waals surface area (Å²) in [7, 11) is 0. The van der Waals surface area contributed by atoms with Gasteiger partial charge in [0.05, 0.1) is 15.7 Å². The van der Waals surface area contributed by atoms with Crippen LogP contribution in [0.2, 0.25) is 0 Å². The minimum Gasteiger partial charge on any atom is -0.232 e. The van der Waals surface area contributed by atoms with E-state index in [4.69, 9.17) is 0 Å². The first-order valence-corrected chi connectivity index (χ1v) is 6.37. The summed E-state index contributed by atoms with van der Waals surface area (Å²) in [6.07, 6.45) is -0.0751. The molecule has 0 aliphatic heterocycles. The van der Waals surface area contributed by atoms with Crippen molar-refractivity contribution in [2.75, 3.05) is 0 Å². The summed E-state index contributed by atoms with van der Waals surface area (Å²) in [5, 5.41) is 4.30. The van der Waals surface area contributed by atoms with Crippen LogP contribution in [0.5, 0.6) is 0 Å². The summed E-state index contributed by atoms with van der Waals surface area (Å²) in [5.74, 6) is 0.355. The van der Waals surface area contributed by atoms with Gasteiger partial charge in [0.2, 0.25) is 0 Å². The molecule has 0 atom stereocenters. The number of fused-ring (bicyclic) bond motifs is 1. The maximum Gasteiger partial charge on any atom is 0.433 e. The summed E-state index contributed by atoms with van der Waals surface area (Å²) >= 11 is 3.35. The molecular weight excluding hydrogens is 311 g/mol. The Kier molecular flexibility index (Phi) is 2.62. The van der Waals surface area contributed by atoms with Crippen molar-refractivity contribution in [3.05, 3.63) is 28.3 Å². The van der Waals surface area contributed by atoms with Crippen LogP contribution in [0.25, 0.3) is 5.52 Å². The van der Waals surface area contributed by atoms with E-state index in [2.05, 4.69) is 26.0 Å². The first-order chi connectivity index (χ1) is 8.47. The summed E-state index contributed by atoms with van der Waals surface area (Å²) < 4.78 is 39.8. The molecule has 96 valence electrons. The Labute approximate surface area is 109 Å². The van der Waals surface area contributed by atoms with E-state index in [1.54, 1.807) is 0 Å². The molecular formula is C11H9BrF3N3. The normalized spacial score (nSPS) is 17.1. The molecule has 1 aliphatic rings. The van der Waals surface area contributed by atoms with Crippen molar-refractivity contribution in [2.45, 2.75) is 31.4 Å². The molecule has 0 N–H and O–H groups in total. The molecule has 0 unspecified atom stereocenters. The predicted molar refractivity (Wildman–Crippen MR) is 62.3 cm³/mol. The number of aromatic nitrogens is 3. The number of nitrogens with zero attached hydrogens (tertiary/aromatic N) is 3. The summed E-state index contributed by atoms with van der Waals surface area (Å²) in [5.41, 5.74) is 0.359. The van der Waals surface area contributed by atoms with E-state index < -0.39 is 11.9 Å². The Bertz CT molecular complexity index is 601. The average molecular weight is 320 g/mol. The number of rotatable bonds is 1. The maximum absolute atomic E-state index is 12.6. The minimum absolute atomic E-state index is 0.355. The molecule has 2 aromatic heterocycles. The van der Waals surface area contributed by atoms with Crippen LogP contribution in [0, 0.1) is 0 Å². The summed E-state index contributed by atoms with van der Waals surface area (Å²) in [6, 6.07) is 1.03. The average Bonchev–Trinajstić information content (AvgIpc) is 2.53. The van der Waals surface area contributed by atoms with Crippen molar-refractivity contribution in [1.82, 2.24) is 14.6 Å². The summed E-state index contributed by atoms with van der Waals surface area (Å²) in [4.78, 5) is 3.39. The van der Waals surface area contributed by atoms with Crippen molar-refractivity contribution in [1.29, 1.82) is 0 Å². The molecule has 0 bridgehead atoms. The van der Waals surface area contributed by atoms with Gasteiger partial charge in [-0.15, -0.1) is 0 Å². The van der Waals surface area contributed by atoms with Gasteiger partial charge in [-0.3, -0.25) is 0 Å². The van der Waals surface area contributed by atoms with E-state index >= 15 is 0 Å². The highest BCUT2D eigenvalue weighted by molar-refractivity contribution is 9.10. The Morgan fingerprint density at radius 1 is 1.33 bits per heavy atom. The Morgan fingerprint density at radius 2 is 2.06 bits per heavy atom.